The summed E-state index contributed by atoms with van der Waals surface area (Å²) in [4.78, 5) is 9.71. The third-order valence-electron chi connectivity index (χ3n) is 1.26. The smallest absolute Gasteiger partial charge is 0.303 e. The maximum absolute atomic E-state index is 11.7. The molecule has 0 bridgehead atoms. The summed E-state index contributed by atoms with van der Waals surface area (Å²) in [5, 5.41) is 14.3. The molecule has 1 heterocycles. The van der Waals surface area contributed by atoms with Crippen molar-refractivity contribution in [3.8, 4) is 0 Å². The predicted octanol–water partition coefficient (Wildman–Crippen LogP) is 2.33. The molecule has 0 amide bonds. The fourth-order valence-electron chi connectivity index (χ4n) is 0.748. The van der Waals surface area contributed by atoms with Gasteiger partial charge < -0.3 is 5.32 Å². The average molecular weight is 208 g/mol. The molecule has 1 aromatic rings. The number of anilines is 1. The van der Waals surface area contributed by atoms with Crippen LogP contribution in [-0.2, 0) is 0 Å². The number of halogens is 2. The summed E-state index contributed by atoms with van der Waals surface area (Å²) in [6.07, 6.45) is -2.51. The van der Waals surface area contributed by atoms with Crippen LogP contribution < -0.4 is 5.32 Å². The van der Waals surface area contributed by atoms with Crippen LogP contribution in [0.3, 0.4) is 0 Å². The van der Waals surface area contributed by atoms with Crippen molar-refractivity contribution in [2.24, 2.45) is 0 Å². The second-order valence-corrected chi connectivity index (χ2v) is 3.08. The highest BCUT2D eigenvalue weighted by Gasteiger charge is 2.15. The van der Waals surface area contributed by atoms with Crippen molar-refractivity contribution < 1.29 is 13.7 Å². The Hall–Kier alpha value is -1.24. The number of rotatable bonds is 4. The van der Waals surface area contributed by atoms with Gasteiger partial charge in [-0.1, -0.05) is 0 Å². The van der Waals surface area contributed by atoms with Crippen molar-refractivity contribution in [1.29, 1.82) is 0 Å². The fraction of sp³-hybridized carbons (Fsp3) is 0.333. The molecule has 0 radical (unpaired) electrons. The van der Waals surface area contributed by atoms with Crippen molar-refractivity contribution in [1.82, 2.24) is 0 Å². The van der Waals surface area contributed by atoms with Crippen molar-refractivity contribution in [2.45, 2.75) is 6.43 Å². The highest BCUT2D eigenvalue weighted by Crippen LogP contribution is 2.30. The molecule has 0 aromatic carbocycles. The molecule has 72 valence electrons. The Kier molecular flexibility index (Phi) is 3.13. The minimum atomic E-state index is -2.51. The molecule has 1 N–H and O–H groups in total. The standard InChI is InChI=1S/C6H6F2N2O2S/c7-5(8)3-9-6-4(10(11)12)1-2-13-6/h1-2,5,9H,3H2. The lowest BCUT2D eigenvalue weighted by Gasteiger charge is -2.00. The molecule has 0 fully saturated rings. The molecule has 0 saturated carbocycles. The Bertz CT molecular complexity index is 303. The maximum atomic E-state index is 11.7. The summed E-state index contributed by atoms with van der Waals surface area (Å²) >= 11 is 1.03. The Morgan fingerprint density at radius 2 is 2.38 bits per heavy atom. The molecule has 0 aliphatic heterocycles. The van der Waals surface area contributed by atoms with Gasteiger partial charge in [0.25, 0.3) is 6.43 Å². The van der Waals surface area contributed by atoms with Crippen LogP contribution in [0.5, 0.6) is 0 Å². The minimum absolute atomic E-state index is 0.161. The number of hydrogen-bond donors (Lipinski definition) is 1. The van der Waals surface area contributed by atoms with Gasteiger partial charge in [0.15, 0.2) is 5.00 Å². The van der Waals surface area contributed by atoms with Crippen LogP contribution in [0.4, 0.5) is 19.5 Å². The highest BCUT2D eigenvalue weighted by molar-refractivity contribution is 7.14. The summed E-state index contributed by atoms with van der Waals surface area (Å²) in [5.74, 6) is 0. The van der Waals surface area contributed by atoms with E-state index in [0.717, 1.165) is 11.3 Å². The van der Waals surface area contributed by atoms with E-state index in [9.17, 15) is 18.9 Å². The predicted molar refractivity (Wildman–Crippen MR) is 45.5 cm³/mol. The largest absolute Gasteiger partial charge is 0.366 e. The molecule has 1 aromatic heterocycles. The molecule has 0 spiro atoms. The van der Waals surface area contributed by atoms with Gasteiger partial charge in [-0.3, -0.25) is 10.1 Å². The molecule has 0 aliphatic rings. The lowest BCUT2D eigenvalue weighted by atomic mass is 10.5. The van der Waals surface area contributed by atoms with Gasteiger partial charge in [-0.15, -0.1) is 11.3 Å². The molecule has 13 heavy (non-hydrogen) atoms. The maximum Gasteiger partial charge on any atom is 0.303 e. The van der Waals surface area contributed by atoms with E-state index in [4.69, 9.17) is 0 Å². The van der Waals surface area contributed by atoms with E-state index < -0.39 is 17.9 Å². The Balaban J connectivity index is 2.65. The van der Waals surface area contributed by atoms with Crippen LogP contribution in [0.25, 0.3) is 0 Å². The third-order valence-corrected chi connectivity index (χ3v) is 2.12. The van der Waals surface area contributed by atoms with E-state index in [-0.39, 0.29) is 10.7 Å². The first-order valence-electron chi connectivity index (χ1n) is 3.35. The molecule has 1 rings (SSSR count). The van der Waals surface area contributed by atoms with Crippen LogP contribution in [0.1, 0.15) is 0 Å². The normalized spacial score (nSPS) is 10.4. The molecule has 0 saturated heterocycles. The van der Waals surface area contributed by atoms with Gasteiger partial charge in [-0.25, -0.2) is 8.78 Å². The molecule has 0 atom stereocenters. The molecule has 7 heteroatoms. The van der Waals surface area contributed by atoms with E-state index >= 15 is 0 Å². The van der Waals surface area contributed by atoms with E-state index in [0.29, 0.717) is 0 Å². The average Bonchev–Trinajstić information content (AvgIpc) is 2.47. The Morgan fingerprint density at radius 3 is 2.92 bits per heavy atom. The SMILES string of the molecule is O=[N+]([O-])c1ccsc1NCC(F)F. The van der Waals surface area contributed by atoms with E-state index in [1.807, 2.05) is 0 Å². The number of nitrogens with zero attached hydrogens (tertiary/aromatic N) is 1. The van der Waals surface area contributed by atoms with Crippen molar-refractivity contribution in [3.63, 3.8) is 0 Å². The lowest BCUT2D eigenvalue weighted by Crippen LogP contribution is -2.09. The molecular formula is C6H6F2N2O2S. The zero-order valence-corrected chi connectivity index (χ0v) is 7.18. The van der Waals surface area contributed by atoms with Gasteiger partial charge in [0.1, 0.15) is 0 Å². The minimum Gasteiger partial charge on any atom is -0.366 e. The van der Waals surface area contributed by atoms with Crippen LogP contribution in [0, 0.1) is 10.1 Å². The summed E-state index contributed by atoms with van der Waals surface area (Å²) in [6, 6.07) is 1.28. The summed E-state index contributed by atoms with van der Waals surface area (Å²) < 4.78 is 23.5. The Morgan fingerprint density at radius 1 is 1.69 bits per heavy atom. The van der Waals surface area contributed by atoms with E-state index in [2.05, 4.69) is 5.32 Å². The zero-order valence-electron chi connectivity index (χ0n) is 6.37. The Labute approximate surface area is 76.3 Å². The van der Waals surface area contributed by atoms with Gasteiger partial charge in [-0.2, -0.15) is 0 Å². The number of nitrogens with one attached hydrogen (secondary N) is 1. The zero-order chi connectivity index (χ0) is 9.84. The summed E-state index contributed by atoms with van der Waals surface area (Å²) in [5.41, 5.74) is -0.161. The first-order valence-corrected chi connectivity index (χ1v) is 4.23. The van der Waals surface area contributed by atoms with Gasteiger partial charge in [0, 0.05) is 6.07 Å². The van der Waals surface area contributed by atoms with Crippen LogP contribution in [-0.4, -0.2) is 17.9 Å². The first-order chi connectivity index (χ1) is 6.11. The van der Waals surface area contributed by atoms with Crippen molar-refractivity contribution in [3.05, 3.63) is 21.6 Å². The topological polar surface area (TPSA) is 55.2 Å². The van der Waals surface area contributed by atoms with Crippen LogP contribution in [0.15, 0.2) is 11.4 Å². The fourth-order valence-corrected chi connectivity index (χ4v) is 1.51. The number of thiophene rings is 1. The number of alkyl halides is 2. The monoisotopic (exact) mass is 208 g/mol. The number of hydrogen-bond acceptors (Lipinski definition) is 4. The molecule has 0 aliphatic carbocycles. The number of nitro groups is 1. The summed E-state index contributed by atoms with van der Waals surface area (Å²) in [6.45, 7) is -0.568. The van der Waals surface area contributed by atoms with Crippen LogP contribution in [0.2, 0.25) is 0 Å². The second kappa shape index (κ2) is 4.13. The van der Waals surface area contributed by atoms with Gasteiger partial charge in [0.05, 0.1) is 11.5 Å². The molecule has 4 nitrogen and oxygen atoms in total. The van der Waals surface area contributed by atoms with Gasteiger partial charge >= 0.3 is 5.69 Å². The van der Waals surface area contributed by atoms with E-state index in [1.165, 1.54) is 11.4 Å². The van der Waals surface area contributed by atoms with Crippen molar-refractivity contribution >= 4 is 22.0 Å². The van der Waals surface area contributed by atoms with E-state index in [1.54, 1.807) is 0 Å². The quantitative estimate of drug-likeness (QED) is 0.610. The highest BCUT2D eigenvalue weighted by atomic mass is 32.1. The second-order valence-electron chi connectivity index (χ2n) is 2.16. The lowest BCUT2D eigenvalue weighted by molar-refractivity contribution is -0.383. The van der Waals surface area contributed by atoms with Crippen molar-refractivity contribution in [2.75, 3.05) is 11.9 Å². The third kappa shape index (κ3) is 2.62. The summed E-state index contributed by atoms with van der Waals surface area (Å²) in [7, 11) is 0. The molecule has 0 unspecified atom stereocenters. The van der Waals surface area contributed by atoms with Gasteiger partial charge in [-0.05, 0) is 5.38 Å². The first kappa shape index (κ1) is 9.85. The van der Waals surface area contributed by atoms with Crippen LogP contribution >= 0.6 is 11.3 Å². The molecular weight excluding hydrogens is 202 g/mol. The van der Waals surface area contributed by atoms with Gasteiger partial charge in [0.2, 0.25) is 0 Å².